The predicted octanol–water partition coefficient (Wildman–Crippen LogP) is 3.81. The van der Waals surface area contributed by atoms with Gasteiger partial charge in [0.25, 0.3) is 5.69 Å². The molecule has 0 amide bonds. The molecule has 0 atom stereocenters. The van der Waals surface area contributed by atoms with E-state index in [0.29, 0.717) is 0 Å². The second-order valence-corrected chi connectivity index (χ2v) is 5.27. The van der Waals surface area contributed by atoms with Crippen molar-refractivity contribution in [2.75, 3.05) is 0 Å². The van der Waals surface area contributed by atoms with Gasteiger partial charge in [0.05, 0.1) is 9.85 Å². The second-order valence-electron chi connectivity index (χ2n) is 4.48. The van der Waals surface area contributed by atoms with Gasteiger partial charge < -0.3 is 10.2 Å². The Hall–Kier alpha value is -2.58. The van der Waals surface area contributed by atoms with Crippen LogP contribution in [0.15, 0.2) is 24.3 Å². The molecule has 0 bridgehead atoms. The van der Waals surface area contributed by atoms with Crippen LogP contribution in [-0.4, -0.2) is 20.1 Å². The minimum absolute atomic E-state index is 0.00456. The molecule has 0 unspecified atom stereocenters. The number of nitro benzene ring substituents is 2. The van der Waals surface area contributed by atoms with E-state index in [2.05, 4.69) is 0 Å². The number of halogens is 2. The van der Waals surface area contributed by atoms with E-state index in [1.165, 1.54) is 6.07 Å². The van der Waals surface area contributed by atoms with Crippen molar-refractivity contribution >= 4 is 34.6 Å². The maximum Gasteiger partial charge on any atom is 0.311 e. The van der Waals surface area contributed by atoms with Crippen LogP contribution in [0.5, 0.6) is 11.5 Å². The second kappa shape index (κ2) is 6.27. The summed E-state index contributed by atoms with van der Waals surface area (Å²) in [4.78, 5) is 20.2. The summed E-state index contributed by atoms with van der Waals surface area (Å²) in [7, 11) is 0. The smallest absolute Gasteiger partial charge is 0.311 e. The summed E-state index contributed by atoms with van der Waals surface area (Å²) < 4.78 is 0. The van der Waals surface area contributed by atoms with E-state index in [9.17, 15) is 30.4 Å². The third-order valence-corrected chi connectivity index (χ3v) is 3.93. The first-order valence-corrected chi connectivity index (χ1v) is 6.79. The summed E-state index contributed by atoms with van der Waals surface area (Å²) in [6.07, 6.45) is -0.321. The molecular formula is C13H8Cl2N2O6. The average Bonchev–Trinajstić information content (AvgIpc) is 2.45. The van der Waals surface area contributed by atoms with Crippen LogP contribution in [0, 0.1) is 20.2 Å². The van der Waals surface area contributed by atoms with Gasteiger partial charge in [0, 0.05) is 34.7 Å². The largest absolute Gasteiger partial charge is 0.508 e. The SMILES string of the molecule is O=[N+]([O-])c1ccc(Cl)c(Cc2c(O)ccc([N+](=O)[O-])c2Cl)c1O. The van der Waals surface area contributed by atoms with E-state index >= 15 is 0 Å². The van der Waals surface area contributed by atoms with Crippen LogP contribution in [-0.2, 0) is 6.42 Å². The number of aromatic hydroxyl groups is 2. The Labute approximate surface area is 138 Å². The Kier molecular flexibility index (Phi) is 4.57. The van der Waals surface area contributed by atoms with Crippen LogP contribution in [0.1, 0.15) is 11.1 Å². The maximum atomic E-state index is 10.9. The highest BCUT2D eigenvalue weighted by atomic mass is 35.5. The van der Waals surface area contributed by atoms with Crippen molar-refractivity contribution < 1.29 is 20.1 Å². The van der Waals surface area contributed by atoms with E-state index in [1.54, 1.807) is 0 Å². The molecule has 0 saturated carbocycles. The zero-order valence-electron chi connectivity index (χ0n) is 11.2. The highest BCUT2D eigenvalue weighted by Crippen LogP contribution is 2.41. The van der Waals surface area contributed by atoms with Gasteiger partial charge in [-0.25, -0.2) is 0 Å². The van der Waals surface area contributed by atoms with Crippen molar-refractivity contribution in [3.63, 3.8) is 0 Å². The number of hydrogen-bond donors (Lipinski definition) is 2. The summed E-state index contributed by atoms with van der Waals surface area (Å²) in [6.45, 7) is 0. The third kappa shape index (κ3) is 3.13. The molecule has 0 fully saturated rings. The molecule has 8 nitrogen and oxygen atoms in total. The summed E-state index contributed by atoms with van der Waals surface area (Å²) in [6, 6.07) is 4.32. The Balaban J connectivity index is 2.60. The fourth-order valence-electron chi connectivity index (χ4n) is 2.00. The normalized spacial score (nSPS) is 10.5. The van der Waals surface area contributed by atoms with Crippen LogP contribution in [0.4, 0.5) is 11.4 Å². The fourth-order valence-corrected chi connectivity index (χ4v) is 2.51. The first-order valence-electron chi connectivity index (χ1n) is 6.03. The van der Waals surface area contributed by atoms with Gasteiger partial charge in [-0.2, -0.15) is 0 Å². The number of hydrogen-bond acceptors (Lipinski definition) is 6. The highest BCUT2D eigenvalue weighted by Gasteiger charge is 2.24. The van der Waals surface area contributed by atoms with Gasteiger partial charge >= 0.3 is 5.69 Å². The topological polar surface area (TPSA) is 127 Å². The molecule has 0 aliphatic heterocycles. The molecule has 0 radical (unpaired) electrons. The standard InChI is InChI=1S/C13H8Cl2N2O6/c14-8-1-2-10(17(22)23)13(19)6(8)5-7-11(18)4-3-9(12(7)15)16(20)21/h1-4,18-19H,5H2. The molecule has 23 heavy (non-hydrogen) atoms. The minimum atomic E-state index is -0.802. The molecule has 2 rings (SSSR count). The molecule has 2 N–H and O–H groups in total. The quantitative estimate of drug-likeness (QED) is 0.631. The monoisotopic (exact) mass is 358 g/mol. The van der Waals surface area contributed by atoms with Gasteiger partial charge in [-0.1, -0.05) is 23.2 Å². The number of benzene rings is 2. The van der Waals surface area contributed by atoms with E-state index in [-0.39, 0.29) is 33.3 Å². The number of nitrogens with zero attached hydrogens (tertiary/aromatic N) is 2. The number of nitro groups is 2. The third-order valence-electron chi connectivity index (χ3n) is 3.15. The fraction of sp³-hybridized carbons (Fsp3) is 0.0769. The number of phenols is 2. The van der Waals surface area contributed by atoms with E-state index < -0.39 is 27.0 Å². The lowest BCUT2D eigenvalue weighted by molar-refractivity contribution is -0.385. The van der Waals surface area contributed by atoms with Gasteiger partial charge in [0.2, 0.25) is 0 Å². The van der Waals surface area contributed by atoms with Gasteiger partial charge in [0.1, 0.15) is 10.8 Å². The molecule has 0 heterocycles. The Morgan fingerprint density at radius 3 is 2.04 bits per heavy atom. The molecule has 0 aromatic heterocycles. The lowest BCUT2D eigenvalue weighted by atomic mass is 10.0. The molecule has 2 aromatic carbocycles. The zero-order valence-corrected chi connectivity index (χ0v) is 12.7. The van der Waals surface area contributed by atoms with Crippen LogP contribution < -0.4 is 0 Å². The minimum Gasteiger partial charge on any atom is -0.508 e. The van der Waals surface area contributed by atoms with E-state index in [4.69, 9.17) is 23.2 Å². The zero-order chi connectivity index (χ0) is 17.3. The van der Waals surface area contributed by atoms with Gasteiger partial charge in [-0.15, -0.1) is 0 Å². The van der Waals surface area contributed by atoms with Crippen molar-refractivity contribution in [3.8, 4) is 11.5 Å². The first kappa shape index (κ1) is 16.8. The summed E-state index contributed by atoms with van der Waals surface area (Å²) in [5, 5.41) is 41.2. The van der Waals surface area contributed by atoms with E-state index in [0.717, 1.165) is 18.2 Å². The van der Waals surface area contributed by atoms with Crippen molar-refractivity contribution in [2.45, 2.75) is 6.42 Å². The van der Waals surface area contributed by atoms with Crippen LogP contribution in [0.25, 0.3) is 0 Å². The van der Waals surface area contributed by atoms with Crippen molar-refractivity contribution in [3.05, 3.63) is 65.7 Å². The van der Waals surface area contributed by atoms with Crippen molar-refractivity contribution in [1.82, 2.24) is 0 Å². The average molecular weight is 359 g/mol. The number of phenolic OH excluding ortho intramolecular Hbond substituents is 2. The van der Waals surface area contributed by atoms with E-state index in [1.807, 2.05) is 0 Å². The lowest BCUT2D eigenvalue weighted by Gasteiger charge is -2.10. The molecular weight excluding hydrogens is 351 g/mol. The lowest BCUT2D eigenvalue weighted by Crippen LogP contribution is -1.98. The summed E-state index contributed by atoms with van der Waals surface area (Å²) in [5.41, 5.74) is -1.16. The molecule has 10 heteroatoms. The van der Waals surface area contributed by atoms with Crippen molar-refractivity contribution in [2.24, 2.45) is 0 Å². The summed E-state index contributed by atoms with van der Waals surface area (Å²) in [5.74, 6) is -1.05. The van der Waals surface area contributed by atoms with Crippen LogP contribution >= 0.6 is 23.2 Å². The predicted molar refractivity (Wildman–Crippen MR) is 82.3 cm³/mol. The van der Waals surface area contributed by atoms with Gasteiger partial charge in [-0.3, -0.25) is 20.2 Å². The number of rotatable bonds is 4. The van der Waals surface area contributed by atoms with Crippen LogP contribution in [0.2, 0.25) is 10.0 Å². The molecule has 120 valence electrons. The van der Waals surface area contributed by atoms with Crippen molar-refractivity contribution in [1.29, 1.82) is 0 Å². The molecule has 2 aromatic rings. The first-order chi connectivity index (χ1) is 10.7. The Morgan fingerprint density at radius 2 is 1.48 bits per heavy atom. The molecule has 0 aliphatic rings. The molecule has 0 saturated heterocycles. The maximum absolute atomic E-state index is 10.9. The van der Waals surface area contributed by atoms with Gasteiger partial charge in [-0.05, 0) is 12.1 Å². The van der Waals surface area contributed by atoms with Crippen LogP contribution in [0.3, 0.4) is 0 Å². The highest BCUT2D eigenvalue weighted by molar-refractivity contribution is 6.34. The van der Waals surface area contributed by atoms with Gasteiger partial charge in [0.15, 0.2) is 5.75 Å². The molecule has 0 aliphatic carbocycles. The molecule has 0 spiro atoms. The Bertz CT molecular complexity index is 757. The Morgan fingerprint density at radius 1 is 0.913 bits per heavy atom. The summed E-state index contributed by atoms with van der Waals surface area (Å²) >= 11 is 11.8.